The molecule has 34 heavy (non-hydrogen) atoms. The first-order chi connectivity index (χ1) is 16.5. The highest BCUT2D eigenvalue weighted by Crippen LogP contribution is 2.14. The molecule has 0 bridgehead atoms. The molecule has 184 valence electrons. The van der Waals surface area contributed by atoms with Crippen molar-refractivity contribution < 1.29 is 23.5 Å². The summed E-state index contributed by atoms with van der Waals surface area (Å²) in [4.78, 5) is 36.4. The second-order valence-corrected chi connectivity index (χ2v) is 8.34. The quantitative estimate of drug-likeness (QED) is 0.230. The molecule has 0 atom stereocenters. The molecule has 0 unspecified atom stereocenters. The molecule has 0 heterocycles. The third kappa shape index (κ3) is 11.1. The summed E-state index contributed by atoms with van der Waals surface area (Å²) in [6.45, 7) is 1.73. The lowest BCUT2D eigenvalue weighted by Crippen LogP contribution is -2.21. The van der Waals surface area contributed by atoms with Gasteiger partial charge in [0.05, 0.1) is 5.56 Å². The summed E-state index contributed by atoms with van der Waals surface area (Å²) in [5.41, 5.74) is 1.14. The Morgan fingerprint density at radius 2 is 1.38 bits per heavy atom. The molecule has 0 fully saturated rings. The molecule has 7 heteroatoms. The van der Waals surface area contributed by atoms with E-state index in [4.69, 9.17) is 4.74 Å². The molecule has 0 saturated carbocycles. The number of hydrogen-bond acceptors (Lipinski definition) is 4. The van der Waals surface area contributed by atoms with E-state index in [1.807, 2.05) is 0 Å². The third-order valence-electron chi connectivity index (χ3n) is 5.35. The maximum absolute atomic E-state index is 12.9. The minimum Gasteiger partial charge on any atom is -0.452 e. The van der Waals surface area contributed by atoms with Crippen molar-refractivity contribution in [3.05, 3.63) is 59.9 Å². The average molecular weight is 471 g/mol. The van der Waals surface area contributed by atoms with Crippen LogP contribution < -0.4 is 10.6 Å². The number of unbranched alkanes of at least 4 members (excludes halogenated alkanes) is 8. The van der Waals surface area contributed by atoms with Gasteiger partial charge in [-0.3, -0.25) is 9.59 Å². The summed E-state index contributed by atoms with van der Waals surface area (Å²) in [6, 6.07) is 11.7. The van der Waals surface area contributed by atoms with Gasteiger partial charge in [0.1, 0.15) is 5.82 Å². The molecule has 0 aliphatic rings. The molecule has 2 N–H and O–H groups in total. The SMILES string of the molecule is CCCCCCCCCCCC(=O)Nc1cccc(C(=O)OCC(=O)Nc2ccc(F)cc2)c1. The fraction of sp³-hybridized carbons (Fsp3) is 0.444. The highest BCUT2D eigenvalue weighted by Gasteiger charge is 2.12. The van der Waals surface area contributed by atoms with E-state index in [9.17, 15) is 18.8 Å². The van der Waals surface area contributed by atoms with Crippen LogP contribution in [-0.4, -0.2) is 24.4 Å². The Labute approximate surface area is 201 Å². The van der Waals surface area contributed by atoms with Crippen LogP contribution >= 0.6 is 0 Å². The van der Waals surface area contributed by atoms with Gasteiger partial charge in [0, 0.05) is 17.8 Å². The Morgan fingerprint density at radius 3 is 2.06 bits per heavy atom. The molecule has 0 saturated heterocycles. The lowest BCUT2D eigenvalue weighted by atomic mass is 10.1. The van der Waals surface area contributed by atoms with E-state index in [1.165, 1.54) is 68.9 Å². The second-order valence-electron chi connectivity index (χ2n) is 8.34. The summed E-state index contributed by atoms with van der Waals surface area (Å²) in [5, 5.41) is 5.32. The smallest absolute Gasteiger partial charge is 0.338 e. The second kappa shape index (κ2) is 15.6. The van der Waals surface area contributed by atoms with Gasteiger partial charge in [-0.25, -0.2) is 9.18 Å². The van der Waals surface area contributed by atoms with Crippen LogP contribution in [0.3, 0.4) is 0 Å². The van der Waals surface area contributed by atoms with E-state index in [2.05, 4.69) is 17.6 Å². The molecule has 0 aliphatic carbocycles. The third-order valence-corrected chi connectivity index (χ3v) is 5.35. The molecule has 0 aliphatic heterocycles. The zero-order valence-electron chi connectivity index (χ0n) is 19.9. The van der Waals surface area contributed by atoms with Crippen molar-refractivity contribution in [1.29, 1.82) is 0 Å². The van der Waals surface area contributed by atoms with E-state index in [0.717, 1.165) is 19.3 Å². The summed E-state index contributed by atoms with van der Waals surface area (Å²) >= 11 is 0. The lowest BCUT2D eigenvalue weighted by molar-refractivity contribution is -0.119. The van der Waals surface area contributed by atoms with Crippen LogP contribution in [0.25, 0.3) is 0 Å². The predicted molar refractivity (Wildman–Crippen MR) is 132 cm³/mol. The Bertz CT molecular complexity index is 915. The summed E-state index contributed by atoms with van der Waals surface area (Å²) in [5.74, 6) is -1.72. The molecule has 2 aromatic rings. The fourth-order valence-electron chi connectivity index (χ4n) is 3.49. The van der Waals surface area contributed by atoms with Crippen molar-refractivity contribution >= 4 is 29.2 Å². The van der Waals surface area contributed by atoms with Crippen molar-refractivity contribution in [3.8, 4) is 0 Å². The van der Waals surface area contributed by atoms with Gasteiger partial charge in [-0.15, -0.1) is 0 Å². The number of halogens is 1. The monoisotopic (exact) mass is 470 g/mol. The standard InChI is InChI=1S/C27H35FN2O4/c1-2-3-4-5-6-7-8-9-10-14-25(31)30-24-13-11-12-21(19-24)27(33)34-20-26(32)29-23-17-15-22(28)16-18-23/h11-13,15-19H,2-10,14,20H2,1H3,(H,29,32)(H,30,31). The van der Waals surface area contributed by atoms with Crippen LogP contribution in [0.5, 0.6) is 0 Å². The first-order valence-corrected chi connectivity index (χ1v) is 12.1. The number of carbonyl (C=O) groups is 3. The van der Waals surface area contributed by atoms with E-state index in [1.54, 1.807) is 18.2 Å². The zero-order valence-corrected chi connectivity index (χ0v) is 19.9. The highest BCUT2D eigenvalue weighted by molar-refractivity contribution is 5.97. The van der Waals surface area contributed by atoms with E-state index < -0.39 is 24.3 Å². The molecule has 2 aromatic carbocycles. The van der Waals surface area contributed by atoms with Crippen molar-refractivity contribution in [3.63, 3.8) is 0 Å². The average Bonchev–Trinajstić information content (AvgIpc) is 2.83. The molecular weight excluding hydrogens is 435 g/mol. The van der Waals surface area contributed by atoms with Crippen LogP contribution in [0.4, 0.5) is 15.8 Å². The van der Waals surface area contributed by atoms with Gasteiger partial charge in [-0.05, 0) is 48.9 Å². The largest absolute Gasteiger partial charge is 0.452 e. The molecular formula is C27H35FN2O4. The minimum absolute atomic E-state index is 0.0906. The van der Waals surface area contributed by atoms with Crippen molar-refractivity contribution in [1.82, 2.24) is 0 Å². The normalized spacial score (nSPS) is 10.5. The predicted octanol–water partition coefficient (Wildman–Crippen LogP) is 6.48. The summed E-state index contributed by atoms with van der Waals surface area (Å²) in [7, 11) is 0. The van der Waals surface area contributed by atoms with Crippen LogP contribution in [0.1, 0.15) is 81.5 Å². The van der Waals surface area contributed by atoms with Gasteiger partial charge in [0.15, 0.2) is 6.61 Å². The van der Waals surface area contributed by atoms with Gasteiger partial charge in [-0.1, -0.05) is 64.4 Å². The number of ether oxygens (including phenoxy) is 1. The van der Waals surface area contributed by atoms with Gasteiger partial charge in [0.2, 0.25) is 5.91 Å². The number of rotatable bonds is 15. The maximum atomic E-state index is 12.9. The van der Waals surface area contributed by atoms with Crippen molar-refractivity contribution in [2.75, 3.05) is 17.2 Å². The molecule has 6 nitrogen and oxygen atoms in total. The van der Waals surface area contributed by atoms with Gasteiger partial charge < -0.3 is 15.4 Å². The van der Waals surface area contributed by atoms with Crippen LogP contribution in [0.15, 0.2) is 48.5 Å². The highest BCUT2D eigenvalue weighted by atomic mass is 19.1. The number of nitrogens with one attached hydrogen (secondary N) is 2. The van der Waals surface area contributed by atoms with Gasteiger partial charge in [0.25, 0.3) is 5.91 Å². The lowest BCUT2D eigenvalue weighted by Gasteiger charge is -2.09. The molecule has 0 aromatic heterocycles. The first-order valence-electron chi connectivity index (χ1n) is 12.1. The summed E-state index contributed by atoms with van der Waals surface area (Å²) < 4.78 is 18.0. The molecule has 0 spiro atoms. The van der Waals surface area contributed by atoms with E-state index in [-0.39, 0.29) is 11.5 Å². The topological polar surface area (TPSA) is 84.5 Å². The first kappa shape index (κ1) is 27.0. The minimum atomic E-state index is -0.677. The van der Waals surface area contributed by atoms with Crippen LogP contribution in [0.2, 0.25) is 0 Å². The zero-order chi connectivity index (χ0) is 24.6. The van der Waals surface area contributed by atoms with Gasteiger partial charge >= 0.3 is 5.97 Å². The summed E-state index contributed by atoms with van der Waals surface area (Å²) in [6.07, 6.45) is 11.1. The fourth-order valence-corrected chi connectivity index (χ4v) is 3.49. The van der Waals surface area contributed by atoms with E-state index >= 15 is 0 Å². The van der Waals surface area contributed by atoms with Crippen LogP contribution in [0, 0.1) is 5.82 Å². The molecule has 2 amide bonds. The van der Waals surface area contributed by atoms with Crippen molar-refractivity contribution in [2.45, 2.75) is 71.1 Å². The number of esters is 1. The maximum Gasteiger partial charge on any atom is 0.338 e. The van der Waals surface area contributed by atoms with Crippen molar-refractivity contribution in [2.24, 2.45) is 0 Å². The number of carbonyl (C=O) groups excluding carboxylic acids is 3. The molecule has 0 radical (unpaired) electrons. The Kier molecular flexibility index (Phi) is 12.4. The number of benzene rings is 2. The van der Waals surface area contributed by atoms with E-state index in [0.29, 0.717) is 17.8 Å². The Hall–Kier alpha value is -3.22. The Balaban J connectivity index is 1.66. The molecule has 2 rings (SSSR count). The number of hydrogen-bond donors (Lipinski definition) is 2. The van der Waals surface area contributed by atoms with Crippen LogP contribution in [-0.2, 0) is 14.3 Å². The Morgan fingerprint density at radius 1 is 0.765 bits per heavy atom. The van der Waals surface area contributed by atoms with Gasteiger partial charge in [-0.2, -0.15) is 0 Å². The number of anilines is 2. The number of amides is 2.